The zero-order valence-electron chi connectivity index (χ0n) is 20.7. The largest absolute Gasteiger partial charge is 1.00 e. The maximum atomic E-state index is 13.0. The van der Waals surface area contributed by atoms with Crippen LogP contribution in [0.4, 0.5) is 0 Å². The van der Waals surface area contributed by atoms with Gasteiger partial charge in [0.15, 0.2) is 11.9 Å². The van der Waals surface area contributed by atoms with Gasteiger partial charge in [-0.15, -0.1) is 0 Å². The quantitative estimate of drug-likeness (QED) is 0.162. The third-order valence-electron chi connectivity index (χ3n) is 5.39. The van der Waals surface area contributed by atoms with Gasteiger partial charge in [-0.25, -0.2) is 0 Å². The van der Waals surface area contributed by atoms with Crippen LogP contribution in [0.1, 0.15) is 94.6 Å². The van der Waals surface area contributed by atoms with Crippen LogP contribution in [0.5, 0.6) is 0 Å². The summed E-state index contributed by atoms with van der Waals surface area (Å²) in [4.78, 5) is 13.0. The number of ketones is 1. The molecular weight excluding hydrogens is 431 g/mol. The van der Waals surface area contributed by atoms with E-state index in [1.54, 1.807) is 48.5 Å². The van der Waals surface area contributed by atoms with Gasteiger partial charge in [-0.1, -0.05) is 125 Å². The second-order valence-electron chi connectivity index (χ2n) is 8.06. The molecule has 4 nitrogen and oxygen atoms in total. The fraction of sp³-hybridized carbons (Fsp3) is 0.500. The molecule has 0 aliphatic heterocycles. The van der Waals surface area contributed by atoms with Gasteiger partial charge in [0.25, 0.3) is 10.1 Å². The average molecular weight is 469 g/mol. The minimum absolute atomic E-state index is 0. The summed E-state index contributed by atoms with van der Waals surface area (Å²) in [5, 5.41) is 0. The van der Waals surface area contributed by atoms with Crippen molar-refractivity contribution < 1.29 is 48.4 Å². The molecule has 2 aromatic rings. The van der Waals surface area contributed by atoms with Gasteiger partial charge in [0.2, 0.25) is 0 Å². The van der Waals surface area contributed by atoms with Crippen LogP contribution < -0.4 is 29.6 Å². The third kappa shape index (κ3) is 11.2. The molecule has 0 aliphatic rings. The molecule has 0 N–H and O–H groups in total. The molecule has 0 radical (unpaired) electrons. The van der Waals surface area contributed by atoms with Crippen molar-refractivity contribution in [3.05, 3.63) is 71.8 Å². The number of rotatable bonds is 16. The minimum Gasteiger partial charge on any atom is -1.00 e. The summed E-state index contributed by atoms with van der Waals surface area (Å²) in [6.07, 6.45) is 10.1. The zero-order chi connectivity index (χ0) is 22.4. The number of carbonyl (C=O) groups is 1. The standard InChI is InChI=1S/C26H36O4S.Na.H/c1-2-3-4-5-6-7-8-9-10-17-22-31(28,29)30-26(24-20-15-12-16-21-24)25(27)23-18-13-11-14-19-23;;/h11-16,18-21,26H,2-10,17,22H2,1H3;;/q;+1;-1. The zero-order valence-corrected chi connectivity index (χ0v) is 22.5. The van der Waals surface area contributed by atoms with Crippen LogP contribution in [-0.2, 0) is 14.3 Å². The maximum Gasteiger partial charge on any atom is 1.00 e. The molecule has 172 valence electrons. The van der Waals surface area contributed by atoms with Gasteiger partial charge in [0.1, 0.15) is 0 Å². The SMILES string of the molecule is CCCCCCCCCCCCS(=O)(=O)OC(C(=O)c1ccccc1)c1ccccc1.[H-].[Na+]. The van der Waals surface area contributed by atoms with Gasteiger partial charge in [0.05, 0.1) is 5.75 Å². The van der Waals surface area contributed by atoms with Crippen LogP contribution in [0, 0.1) is 0 Å². The van der Waals surface area contributed by atoms with Crippen LogP contribution in [0.2, 0.25) is 0 Å². The summed E-state index contributed by atoms with van der Waals surface area (Å²) in [6.45, 7) is 2.22. The fourth-order valence-corrected chi connectivity index (χ4v) is 4.74. The fourth-order valence-electron chi connectivity index (χ4n) is 3.59. The molecular formula is C26H37NaO4S. The first-order valence-electron chi connectivity index (χ1n) is 11.6. The summed E-state index contributed by atoms with van der Waals surface area (Å²) in [5.74, 6) is -0.409. The van der Waals surface area contributed by atoms with Gasteiger partial charge in [-0.2, -0.15) is 8.42 Å². The molecule has 0 fully saturated rings. The van der Waals surface area contributed by atoms with E-state index >= 15 is 0 Å². The molecule has 0 saturated heterocycles. The van der Waals surface area contributed by atoms with Crippen molar-refractivity contribution in [3.63, 3.8) is 0 Å². The van der Waals surface area contributed by atoms with E-state index in [4.69, 9.17) is 4.18 Å². The van der Waals surface area contributed by atoms with Crippen LogP contribution in [0.25, 0.3) is 0 Å². The molecule has 0 aromatic heterocycles. The third-order valence-corrected chi connectivity index (χ3v) is 6.66. The molecule has 32 heavy (non-hydrogen) atoms. The smallest absolute Gasteiger partial charge is 1.00 e. The Kier molecular flexibility index (Phi) is 15.1. The molecule has 0 aliphatic carbocycles. The van der Waals surface area contributed by atoms with E-state index < -0.39 is 16.2 Å². The van der Waals surface area contributed by atoms with Gasteiger partial charge in [-0.05, 0) is 12.0 Å². The average Bonchev–Trinajstić information content (AvgIpc) is 2.79. The van der Waals surface area contributed by atoms with Crippen molar-refractivity contribution in [3.8, 4) is 0 Å². The Bertz CT molecular complexity index is 860. The van der Waals surface area contributed by atoms with Gasteiger partial charge in [0, 0.05) is 5.56 Å². The first-order chi connectivity index (χ1) is 15.0. The normalized spacial score (nSPS) is 12.2. The van der Waals surface area contributed by atoms with E-state index in [0.717, 1.165) is 19.3 Å². The topological polar surface area (TPSA) is 60.4 Å². The molecule has 0 saturated carbocycles. The number of Topliss-reactive ketones (excluding diaryl/α,β-unsaturated/α-hetero) is 1. The van der Waals surface area contributed by atoms with Crippen molar-refractivity contribution in [2.45, 2.75) is 77.2 Å². The van der Waals surface area contributed by atoms with E-state index in [1.807, 2.05) is 12.1 Å². The molecule has 2 rings (SSSR count). The second kappa shape index (κ2) is 16.6. The van der Waals surface area contributed by atoms with Crippen molar-refractivity contribution in [2.24, 2.45) is 0 Å². The Morgan fingerprint density at radius 3 is 1.78 bits per heavy atom. The Balaban J connectivity index is 0.00000512. The van der Waals surface area contributed by atoms with Crippen LogP contribution in [0.15, 0.2) is 60.7 Å². The van der Waals surface area contributed by atoms with E-state index in [9.17, 15) is 13.2 Å². The Morgan fingerprint density at radius 1 is 0.781 bits per heavy atom. The van der Waals surface area contributed by atoms with Gasteiger partial charge < -0.3 is 1.43 Å². The number of hydrogen-bond donors (Lipinski definition) is 0. The molecule has 6 heteroatoms. The molecule has 0 spiro atoms. The number of carbonyl (C=O) groups excluding carboxylic acids is 1. The van der Waals surface area contributed by atoms with Crippen LogP contribution in [-0.4, -0.2) is 20.0 Å². The van der Waals surface area contributed by atoms with Crippen LogP contribution in [0.3, 0.4) is 0 Å². The summed E-state index contributed by atoms with van der Waals surface area (Å²) in [6, 6.07) is 17.5. The summed E-state index contributed by atoms with van der Waals surface area (Å²) in [5.41, 5.74) is 0.980. The predicted octanol–water partition coefficient (Wildman–Crippen LogP) is 3.99. The Morgan fingerprint density at radius 2 is 1.25 bits per heavy atom. The van der Waals surface area contributed by atoms with Crippen molar-refractivity contribution in [2.75, 3.05) is 5.75 Å². The number of hydrogen-bond acceptors (Lipinski definition) is 4. The predicted molar refractivity (Wildman–Crippen MR) is 128 cm³/mol. The molecule has 0 bridgehead atoms. The number of unbranched alkanes of at least 4 members (excludes halogenated alkanes) is 9. The molecule has 1 atom stereocenters. The number of benzene rings is 2. The molecule has 0 amide bonds. The van der Waals surface area contributed by atoms with E-state index in [-0.39, 0.29) is 42.5 Å². The van der Waals surface area contributed by atoms with Crippen molar-refractivity contribution in [1.82, 2.24) is 0 Å². The summed E-state index contributed by atoms with van der Waals surface area (Å²) >= 11 is 0. The second-order valence-corrected chi connectivity index (χ2v) is 9.78. The minimum atomic E-state index is -3.81. The van der Waals surface area contributed by atoms with E-state index in [0.29, 0.717) is 17.5 Å². The molecule has 2 aromatic carbocycles. The van der Waals surface area contributed by atoms with Gasteiger partial charge in [-0.3, -0.25) is 8.98 Å². The molecule has 1 unspecified atom stereocenters. The monoisotopic (exact) mass is 468 g/mol. The van der Waals surface area contributed by atoms with Crippen molar-refractivity contribution in [1.29, 1.82) is 0 Å². The summed E-state index contributed by atoms with van der Waals surface area (Å²) in [7, 11) is -3.81. The Labute approximate surface area is 218 Å². The summed E-state index contributed by atoms with van der Waals surface area (Å²) < 4.78 is 30.7. The van der Waals surface area contributed by atoms with Crippen molar-refractivity contribution >= 4 is 15.9 Å². The molecule has 0 heterocycles. The van der Waals surface area contributed by atoms with Gasteiger partial charge >= 0.3 is 29.6 Å². The first-order valence-corrected chi connectivity index (χ1v) is 13.2. The first kappa shape index (κ1) is 29.1. The maximum absolute atomic E-state index is 13.0. The Hall–Kier alpha value is -0.980. The van der Waals surface area contributed by atoms with E-state index in [2.05, 4.69) is 6.92 Å². The van der Waals surface area contributed by atoms with Crippen LogP contribution >= 0.6 is 0 Å². The van der Waals surface area contributed by atoms with E-state index in [1.165, 1.54) is 38.5 Å².